The fraction of sp³-hybridized carbons (Fsp3) is 0.500. The minimum absolute atomic E-state index is 0.911. The van der Waals surface area contributed by atoms with E-state index in [0.29, 0.717) is 0 Å². The van der Waals surface area contributed by atoms with E-state index in [2.05, 4.69) is 36.7 Å². The van der Waals surface area contributed by atoms with Crippen LogP contribution in [0.4, 0.5) is 0 Å². The molecule has 0 aliphatic rings. The van der Waals surface area contributed by atoms with Crippen LogP contribution in [0, 0.1) is 0 Å². The Labute approximate surface area is 97.6 Å². The highest BCUT2D eigenvalue weighted by atomic mass is 32.1. The molecular formula is C12H19NOS. The molecule has 0 aromatic heterocycles. The molecule has 15 heavy (non-hydrogen) atoms. The highest BCUT2D eigenvalue weighted by molar-refractivity contribution is 7.80. The number of hydrogen-bond acceptors (Lipinski definition) is 3. The molecule has 0 fully saturated rings. The van der Waals surface area contributed by atoms with Gasteiger partial charge in [-0.15, -0.1) is 0 Å². The molecule has 0 saturated carbocycles. The van der Waals surface area contributed by atoms with E-state index in [9.17, 15) is 0 Å². The average Bonchev–Trinajstić information content (AvgIpc) is 2.27. The molecule has 0 aliphatic heterocycles. The largest absolute Gasteiger partial charge is 0.497 e. The second-order valence-corrected chi connectivity index (χ2v) is 4.08. The van der Waals surface area contributed by atoms with E-state index in [-0.39, 0.29) is 0 Å². The quantitative estimate of drug-likeness (QED) is 0.744. The van der Waals surface area contributed by atoms with Gasteiger partial charge in [0.05, 0.1) is 7.11 Å². The van der Waals surface area contributed by atoms with Crippen molar-refractivity contribution in [2.75, 3.05) is 33.0 Å². The minimum Gasteiger partial charge on any atom is -0.497 e. The first-order chi connectivity index (χ1) is 7.26. The molecule has 0 amide bonds. The lowest BCUT2D eigenvalue weighted by molar-refractivity contribution is 0.360. The van der Waals surface area contributed by atoms with Crippen LogP contribution in [-0.4, -0.2) is 37.9 Å². The Morgan fingerprint density at radius 3 is 2.80 bits per heavy atom. The van der Waals surface area contributed by atoms with E-state index in [4.69, 9.17) is 4.74 Å². The molecule has 1 aromatic carbocycles. The fourth-order valence-corrected chi connectivity index (χ4v) is 1.77. The summed E-state index contributed by atoms with van der Waals surface area (Å²) in [5, 5.41) is 0. The summed E-state index contributed by atoms with van der Waals surface area (Å²) in [6, 6.07) is 8.24. The maximum Gasteiger partial charge on any atom is 0.119 e. The van der Waals surface area contributed by atoms with Crippen molar-refractivity contribution in [2.45, 2.75) is 6.42 Å². The first-order valence-corrected chi connectivity index (χ1v) is 5.82. The zero-order valence-electron chi connectivity index (χ0n) is 9.44. The lowest BCUT2D eigenvalue weighted by Crippen LogP contribution is -2.23. The third-order valence-electron chi connectivity index (χ3n) is 2.40. The Morgan fingerprint density at radius 2 is 2.13 bits per heavy atom. The van der Waals surface area contributed by atoms with Gasteiger partial charge in [0, 0.05) is 18.8 Å². The van der Waals surface area contributed by atoms with E-state index in [1.165, 1.54) is 5.56 Å². The molecule has 1 rings (SSSR count). The van der Waals surface area contributed by atoms with Crippen LogP contribution in [0.5, 0.6) is 5.75 Å². The van der Waals surface area contributed by atoms with E-state index < -0.39 is 0 Å². The van der Waals surface area contributed by atoms with E-state index in [1.54, 1.807) is 7.11 Å². The van der Waals surface area contributed by atoms with Crippen LogP contribution >= 0.6 is 12.6 Å². The molecule has 84 valence electrons. The summed E-state index contributed by atoms with van der Waals surface area (Å²) in [4.78, 5) is 2.28. The summed E-state index contributed by atoms with van der Waals surface area (Å²) < 4.78 is 5.18. The molecular weight excluding hydrogens is 206 g/mol. The number of rotatable bonds is 6. The topological polar surface area (TPSA) is 12.5 Å². The van der Waals surface area contributed by atoms with Crippen molar-refractivity contribution < 1.29 is 4.74 Å². The lowest BCUT2D eigenvalue weighted by atomic mass is 10.1. The number of hydrogen-bond donors (Lipinski definition) is 1. The summed E-state index contributed by atoms with van der Waals surface area (Å²) in [7, 11) is 3.82. The molecule has 0 bridgehead atoms. The van der Waals surface area contributed by atoms with E-state index in [1.807, 2.05) is 12.1 Å². The van der Waals surface area contributed by atoms with Crippen molar-refractivity contribution in [1.29, 1.82) is 0 Å². The number of methoxy groups -OCH3 is 1. The summed E-state index contributed by atoms with van der Waals surface area (Å²) in [6.07, 6.45) is 1.06. The van der Waals surface area contributed by atoms with Crippen molar-refractivity contribution in [1.82, 2.24) is 4.90 Å². The molecule has 3 heteroatoms. The van der Waals surface area contributed by atoms with Crippen molar-refractivity contribution >= 4 is 12.6 Å². The minimum atomic E-state index is 0.911. The Morgan fingerprint density at radius 1 is 1.33 bits per heavy atom. The van der Waals surface area contributed by atoms with Gasteiger partial charge in [-0.25, -0.2) is 0 Å². The molecule has 1 aromatic rings. The van der Waals surface area contributed by atoms with Gasteiger partial charge in [-0.3, -0.25) is 0 Å². The molecule has 0 N–H and O–H groups in total. The Bertz CT molecular complexity index is 291. The van der Waals surface area contributed by atoms with Crippen LogP contribution in [-0.2, 0) is 6.42 Å². The van der Waals surface area contributed by atoms with Gasteiger partial charge >= 0.3 is 0 Å². The molecule has 2 nitrogen and oxygen atoms in total. The Kier molecular flexibility index (Phi) is 5.58. The smallest absolute Gasteiger partial charge is 0.119 e. The number of benzene rings is 1. The van der Waals surface area contributed by atoms with Crippen molar-refractivity contribution in [3.8, 4) is 5.75 Å². The van der Waals surface area contributed by atoms with Gasteiger partial charge in [-0.05, 0) is 31.2 Å². The van der Waals surface area contributed by atoms with Crippen molar-refractivity contribution in [2.24, 2.45) is 0 Å². The second kappa shape index (κ2) is 6.75. The number of nitrogens with zero attached hydrogens (tertiary/aromatic N) is 1. The molecule has 0 radical (unpaired) electrons. The van der Waals surface area contributed by atoms with Crippen molar-refractivity contribution in [3.05, 3.63) is 29.8 Å². The molecule has 0 aliphatic carbocycles. The first-order valence-electron chi connectivity index (χ1n) is 5.18. The SMILES string of the molecule is COc1cccc(CCN(C)CCS)c1. The zero-order chi connectivity index (χ0) is 11.1. The third-order valence-corrected chi connectivity index (χ3v) is 2.60. The van der Waals surface area contributed by atoms with Crippen molar-refractivity contribution in [3.63, 3.8) is 0 Å². The molecule has 0 saturated heterocycles. The lowest BCUT2D eigenvalue weighted by Gasteiger charge is -2.15. The van der Waals surface area contributed by atoms with Crippen LogP contribution in [0.1, 0.15) is 5.56 Å². The van der Waals surface area contributed by atoms with Crippen LogP contribution in [0.25, 0.3) is 0 Å². The summed E-state index contributed by atoms with van der Waals surface area (Å²) in [6.45, 7) is 2.10. The van der Waals surface area contributed by atoms with Gasteiger partial charge < -0.3 is 9.64 Å². The summed E-state index contributed by atoms with van der Waals surface area (Å²) >= 11 is 4.21. The monoisotopic (exact) mass is 225 g/mol. The maximum absolute atomic E-state index is 5.18. The average molecular weight is 225 g/mol. The second-order valence-electron chi connectivity index (χ2n) is 3.63. The summed E-state index contributed by atoms with van der Waals surface area (Å²) in [5.74, 6) is 1.85. The van der Waals surface area contributed by atoms with E-state index in [0.717, 1.165) is 31.0 Å². The van der Waals surface area contributed by atoms with Gasteiger partial charge in [0.2, 0.25) is 0 Å². The van der Waals surface area contributed by atoms with Crippen LogP contribution in [0.2, 0.25) is 0 Å². The summed E-state index contributed by atoms with van der Waals surface area (Å²) in [5.41, 5.74) is 1.32. The Hall–Kier alpha value is -0.670. The predicted molar refractivity (Wildman–Crippen MR) is 68.0 cm³/mol. The normalized spacial score (nSPS) is 10.7. The first kappa shape index (κ1) is 12.4. The van der Waals surface area contributed by atoms with Gasteiger partial charge in [-0.2, -0.15) is 12.6 Å². The van der Waals surface area contributed by atoms with Crippen LogP contribution in [0.3, 0.4) is 0 Å². The van der Waals surface area contributed by atoms with Crippen LogP contribution in [0.15, 0.2) is 24.3 Å². The highest BCUT2D eigenvalue weighted by Gasteiger charge is 1.99. The van der Waals surface area contributed by atoms with Gasteiger partial charge in [0.15, 0.2) is 0 Å². The maximum atomic E-state index is 5.18. The van der Waals surface area contributed by atoms with Crippen LogP contribution < -0.4 is 4.74 Å². The fourth-order valence-electron chi connectivity index (χ4n) is 1.43. The molecule has 0 atom stereocenters. The van der Waals surface area contributed by atoms with E-state index >= 15 is 0 Å². The number of thiol groups is 1. The zero-order valence-corrected chi connectivity index (χ0v) is 10.3. The predicted octanol–water partition coefficient (Wildman–Crippen LogP) is 2.10. The van der Waals surface area contributed by atoms with Gasteiger partial charge in [0.25, 0.3) is 0 Å². The number of likely N-dealkylation sites (N-methyl/N-ethyl adjacent to an activating group) is 1. The number of ether oxygens (including phenoxy) is 1. The molecule has 0 heterocycles. The Balaban J connectivity index is 2.43. The third kappa shape index (κ3) is 4.58. The molecule has 0 spiro atoms. The highest BCUT2D eigenvalue weighted by Crippen LogP contribution is 2.12. The van der Waals surface area contributed by atoms with Gasteiger partial charge in [0.1, 0.15) is 5.75 Å². The molecule has 0 unspecified atom stereocenters. The standard InChI is InChI=1S/C12H19NOS/c1-13(8-9-15)7-6-11-4-3-5-12(10-11)14-2/h3-5,10,15H,6-9H2,1-2H3. The van der Waals surface area contributed by atoms with Gasteiger partial charge in [-0.1, -0.05) is 12.1 Å².